The van der Waals surface area contributed by atoms with Gasteiger partial charge in [-0.1, -0.05) is 35.4 Å². The van der Waals surface area contributed by atoms with Crippen LogP contribution >= 0.6 is 35.4 Å². The van der Waals surface area contributed by atoms with Crippen molar-refractivity contribution in [3.8, 4) is 0 Å². The minimum Gasteiger partial charge on any atom is -0.392 e. The van der Waals surface area contributed by atoms with Crippen LogP contribution in [0.15, 0.2) is 18.2 Å². The van der Waals surface area contributed by atoms with Crippen LogP contribution in [0.1, 0.15) is 12.8 Å². The van der Waals surface area contributed by atoms with Gasteiger partial charge < -0.3 is 11.1 Å². The first-order valence-corrected chi connectivity index (χ1v) is 6.18. The van der Waals surface area contributed by atoms with Gasteiger partial charge in [0, 0.05) is 15.7 Å². The molecule has 0 atom stereocenters. The average Bonchev–Trinajstić information content (AvgIpc) is 2.95. The van der Waals surface area contributed by atoms with Gasteiger partial charge in [0.05, 0.1) is 10.4 Å². The van der Waals surface area contributed by atoms with Crippen LogP contribution in [0, 0.1) is 5.41 Å². The summed E-state index contributed by atoms with van der Waals surface area (Å²) in [6.45, 7) is 0. The summed E-state index contributed by atoms with van der Waals surface area (Å²) in [5, 5.41) is 3.66. The van der Waals surface area contributed by atoms with E-state index in [9.17, 15) is 4.79 Å². The highest BCUT2D eigenvalue weighted by Gasteiger charge is 2.52. The predicted octanol–water partition coefficient (Wildman–Crippen LogP) is 3.00. The smallest absolute Gasteiger partial charge is 0.237 e. The SMILES string of the molecule is NC(=S)C1(C(=O)Nc2cc(Cl)cc(Cl)c2)CC1. The molecule has 1 aliphatic rings. The molecule has 0 aliphatic heterocycles. The van der Waals surface area contributed by atoms with Crippen LogP contribution in [0.4, 0.5) is 5.69 Å². The molecule has 1 amide bonds. The van der Waals surface area contributed by atoms with E-state index in [0.29, 0.717) is 28.6 Å². The van der Waals surface area contributed by atoms with Crippen molar-refractivity contribution in [2.45, 2.75) is 12.8 Å². The van der Waals surface area contributed by atoms with E-state index in [2.05, 4.69) is 5.32 Å². The van der Waals surface area contributed by atoms with E-state index in [1.165, 1.54) is 0 Å². The summed E-state index contributed by atoms with van der Waals surface area (Å²) in [4.78, 5) is 12.2. The lowest BCUT2D eigenvalue weighted by Crippen LogP contribution is -2.34. The molecule has 1 fully saturated rings. The molecular formula is C11H10Cl2N2OS. The number of halogens is 2. The number of rotatable bonds is 3. The predicted molar refractivity (Wildman–Crippen MR) is 73.5 cm³/mol. The normalized spacial score (nSPS) is 16.4. The van der Waals surface area contributed by atoms with E-state index in [4.69, 9.17) is 41.2 Å². The molecular weight excluding hydrogens is 279 g/mol. The maximum Gasteiger partial charge on any atom is 0.237 e. The van der Waals surface area contributed by atoms with Crippen molar-refractivity contribution < 1.29 is 4.79 Å². The van der Waals surface area contributed by atoms with Crippen molar-refractivity contribution in [3.05, 3.63) is 28.2 Å². The Labute approximate surface area is 114 Å². The molecule has 0 heterocycles. The molecule has 17 heavy (non-hydrogen) atoms. The second-order valence-corrected chi connectivity index (χ2v) is 5.37. The highest BCUT2D eigenvalue weighted by Crippen LogP contribution is 2.46. The van der Waals surface area contributed by atoms with Crippen molar-refractivity contribution in [1.29, 1.82) is 0 Å². The maximum absolute atomic E-state index is 12.0. The van der Waals surface area contributed by atoms with Gasteiger partial charge in [-0.05, 0) is 31.0 Å². The average molecular weight is 289 g/mol. The third-order valence-electron chi connectivity index (χ3n) is 2.78. The standard InChI is InChI=1S/C11H10Cl2N2OS/c12-6-3-7(13)5-8(4-6)15-10(16)11(1-2-11)9(14)17/h3-5H,1-2H2,(H2,14,17)(H,15,16). The fraction of sp³-hybridized carbons (Fsp3) is 0.273. The van der Waals surface area contributed by atoms with Crippen LogP contribution in [0.3, 0.4) is 0 Å². The highest BCUT2D eigenvalue weighted by molar-refractivity contribution is 7.80. The quantitative estimate of drug-likeness (QED) is 0.841. The lowest BCUT2D eigenvalue weighted by Gasteiger charge is -2.13. The van der Waals surface area contributed by atoms with Crippen molar-refractivity contribution in [3.63, 3.8) is 0 Å². The third-order valence-corrected chi connectivity index (χ3v) is 3.60. The van der Waals surface area contributed by atoms with Crippen molar-refractivity contribution in [2.75, 3.05) is 5.32 Å². The molecule has 1 aromatic rings. The first kappa shape index (κ1) is 12.6. The van der Waals surface area contributed by atoms with Crippen LogP contribution in [-0.4, -0.2) is 10.9 Å². The van der Waals surface area contributed by atoms with Crippen LogP contribution in [0.25, 0.3) is 0 Å². The van der Waals surface area contributed by atoms with E-state index in [1.807, 2.05) is 0 Å². The molecule has 3 N–H and O–H groups in total. The van der Waals surface area contributed by atoms with Gasteiger partial charge in [0.1, 0.15) is 0 Å². The van der Waals surface area contributed by atoms with E-state index < -0.39 is 5.41 Å². The van der Waals surface area contributed by atoms with Crippen LogP contribution in [-0.2, 0) is 4.79 Å². The maximum atomic E-state index is 12.0. The molecule has 2 rings (SSSR count). The second kappa shape index (κ2) is 4.44. The summed E-state index contributed by atoms with van der Waals surface area (Å²) in [5.74, 6) is -0.191. The lowest BCUT2D eigenvalue weighted by atomic mass is 10.1. The van der Waals surface area contributed by atoms with Gasteiger partial charge in [-0.3, -0.25) is 4.79 Å². The summed E-state index contributed by atoms with van der Waals surface area (Å²) in [7, 11) is 0. The number of nitrogens with two attached hydrogens (primary N) is 1. The topological polar surface area (TPSA) is 55.1 Å². The largest absolute Gasteiger partial charge is 0.392 e. The first-order chi connectivity index (χ1) is 7.94. The Kier molecular flexibility index (Phi) is 3.30. The molecule has 1 saturated carbocycles. The number of benzene rings is 1. The zero-order valence-corrected chi connectivity index (χ0v) is 11.1. The van der Waals surface area contributed by atoms with E-state index in [0.717, 1.165) is 0 Å². The number of hydrogen-bond donors (Lipinski definition) is 2. The van der Waals surface area contributed by atoms with E-state index >= 15 is 0 Å². The van der Waals surface area contributed by atoms with Crippen LogP contribution in [0.5, 0.6) is 0 Å². The Morgan fingerprint density at radius 3 is 2.24 bits per heavy atom. The third kappa shape index (κ3) is 2.54. The molecule has 3 nitrogen and oxygen atoms in total. The molecule has 0 spiro atoms. The molecule has 0 bridgehead atoms. The molecule has 0 radical (unpaired) electrons. The fourth-order valence-electron chi connectivity index (χ4n) is 1.59. The number of anilines is 1. The Morgan fingerprint density at radius 1 is 1.29 bits per heavy atom. The summed E-state index contributed by atoms with van der Waals surface area (Å²) < 4.78 is 0. The van der Waals surface area contributed by atoms with Crippen LogP contribution in [0.2, 0.25) is 10.0 Å². The molecule has 90 valence electrons. The number of hydrogen-bond acceptors (Lipinski definition) is 2. The number of thiocarbonyl (C=S) groups is 1. The first-order valence-electron chi connectivity index (χ1n) is 5.01. The molecule has 0 saturated heterocycles. The molecule has 0 aromatic heterocycles. The monoisotopic (exact) mass is 288 g/mol. The van der Waals surface area contributed by atoms with Gasteiger partial charge in [0.15, 0.2) is 0 Å². The van der Waals surface area contributed by atoms with Crippen molar-refractivity contribution in [2.24, 2.45) is 11.1 Å². The Balaban J connectivity index is 2.16. The highest BCUT2D eigenvalue weighted by atomic mass is 35.5. The summed E-state index contributed by atoms with van der Waals surface area (Å²) in [5.41, 5.74) is 5.44. The van der Waals surface area contributed by atoms with Gasteiger partial charge in [0.2, 0.25) is 5.91 Å². The van der Waals surface area contributed by atoms with Gasteiger partial charge in [-0.2, -0.15) is 0 Å². The summed E-state index contributed by atoms with van der Waals surface area (Å²) in [6.07, 6.45) is 1.39. The molecule has 0 unspecified atom stereocenters. The van der Waals surface area contributed by atoms with E-state index in [-0.39, 0.29) is 10.9 Å². The van der Waals surface area contributed by atoms with Crippen molar-refractivity contribution >= 4 is 52.0 Å². The number of carbonyl (C=O) groups is 1. The second-order valence-electron chi connectivity index (χ2n) is 4.06. The number of nitrogens with one attached hydrogen (secondary N) is 1. The van der Waals surface area contributed by atoms with Crippen LogP contribution < -0.4 is 11.1 Å². The Hall–Kier alpha value is -0.840. The zero-order valence-electron chi connectivity index (χ0n) is 8.80. The fourth-order valence-corrected chi connectivity index (χ4v) is 2.41. The number of carbonyl (C=O) groups excluding carboxylic acids is 1. The van der Waals surface area contributed by atoms with Gasteiger partial charge >= 0.3 is 0 Å². The minimum absolute atomic E-state index is 0.191. The van der Waals surface area contributed by atoms with Gasteiger partial charge in [0.25, 0.3) is 0 Å². The van der Waals surface area contributed by atoms with E-state index in [1.54, 1.807) is 18.2 Å². The Morgan fingerprint density at radius 2 is 1.82 bits per heavy atom. The summed E-state index contributed by atoms with van der Waals surface area (Å²) >= 11 is 16.6. The summed E-state index contributed by atoms with van der Waals surface area (Å²) in [6, 6.07) is 4.85. The zero-order chi connectivity index (χ0) is 12.6. The molecule has 1 aliphatic carbocycles. The number of amides is 1. The molecule has 1 aromatic carbocycles. The van der Waals surface area contributed by atoms with Crippen molar-refractivity contribution in [1.82, 2.24) is 0 Å². The minimum atomic E-state index is -0.676. The molecule has 6 heteroatoms. The Bertz CT molecular complexity index is 480. The van der Waals surface area contributed by atoms with Gasteiger partial charge in [-0.15, -0.1) is 0 Å². The van der Waals surface area contributed by atoms with Gasteiger partial charge in [-0.25, -0.2) is 0 Å². The lowest BCUT2D eigenvalue weighted by molar-refractivity contribution is -0.118.